The molecular weight excluding hydrogens is 344 g/mol. The molecule has 1 N–H and O–H groups in total. The molecule has 0 saturated heterocycles. The molecule has 0 amide bonds. The highest BCUT2D eigenvalue weighted by Gasteiger charge is 2.59. The second kappa shape index (κ2) is 7.56. The fourth-order valence-corrected chi connectivity index (χ4v) is 8.38. The van der Waals surface area contributed by atoms with E-state index in [2.05, 4.69) is 26.8 Å². The summed E-state index contributed by atoms with van der Waals surface area (Å²) in [6.45, 7) is 9.55. The summed E-state index contributed by atoms with van der Waals surface area (Å²) in [5.41, 5.74) is 2.41. The van der Waals surface area contributed by atoms with Gasteiger partial charge in [0.1, 0.15) is 5.78 Å². The average Bonchev–Trinajstić information content (AvgIpc) is 3.03. The Hall–Kier alpha value is -0.630. The zero-order valence-corrected chi connectivity index (χ0v) is 18.7. The van der Waals surface area contributed by atoms with E-state index in [1.54, 1.807) is 5.57 Å². The first-order chi connectivity index (χ1) is 13.3. The van der Waals surface area contributed by atoms with Crippen LogP contribution in [-0.4, -0.2) is 17.0 Å². The van der Waals surface area contributed by atoms with Crippen LogP contribution in [0.15, 0.2) is 11.6 Å². The van der Waals surface area contributed by atoms with E-state index >= 15 is 0 Å². The molecule has 8 atom stereocenters. The van der Waals surface area contributed by atoms with Crippen LogP contribution in [0.2, 0.25) is 0 Å². The molecule has 4 aliphatic rings. The Kier molecular flexibility index (Phi) is 5.57. The lowest BCUT2D eigenvalue weighted by atomic mass is 9.47. The Balaban J connectivity index is 1.51. The molecule has 28 heavy (non-hydrogen) atoms. The highest BCUT2D eigenvalue weighted by molar-refractivity contribution is 5.77. The van der Waals surface area contributed by atoms with Crippen molar-refractivity contribution >= 4 is 5.78 Å². The fourth-order valence-electron chi connectivity index (χ4n) is 8.38. The number of carbonyl (C=O) groups excluding carboxylic acids is 1. The van der Waals surface area contributed by atoms with Gasteiger partial charge in [-0.15, -0.1) is 0 Å². The Morgan fingerprint density at radius 2 is 1.96 bits per heavy atom. The number of hydrogen-bond donors (Lipinski definition) is 1. The van der Waals surface area contributed by atoms with E-state index in [0.29, 0.717) is 29.0 Å². The number of rotatable bonds is 5. The molecule has 3 fully saturated rings. The van der Waals surface area contributed by atoms with E-state index in [4.69, 9.17) is 0 Å². The summed E-state index contributed by atoms with van der Waals surface area (Å²) < 4.78 is 0. The van der Waals surface area contributed by atoms with Crippen LogP contribution in [0.5, 0.6) is 0 Å². The Morgan fingerprint density at radius 3 is 2.71 bits per heavy atom. The first-order valence-electron chi connectivity index (χ1n) is 12.2. The normalized spacial score (nSPS) is 46.2. The Labute approximate surface area is 172 Å². The monoisotopic (exact) mass is 386 g/mol. The van der Waals surface area contributed by atoms with Crippen molar-refractivity contribution in [3.63, 3.8) is 0 Å². The summed E-state index contributed by atoms with van der Waals surface area (Å²) in [6, 6.07) is 0. The second-order valence-electron chi connectivity index (χ2n) is 11.3. The fraction of sp³-hybridized carbons (Fsp3) is 0.885. The SMILES string of the molecule is CCC(=O)CC[C@@H](C)C1CCC2C3CC=C4CC(O)CCC4(C)C3CCC21C. The third-order valence-corrected chi connectivity index (χ3v) is 10.1. The van der Waals surface area contributed by atoms with Crippen molar-refractivity contribution in [1.29, 1.82) is 0 Å². The van der Waals surface area contributed by atoms with Crippen molar-refractivity contribution in [3.05, 3.63) is 11.6 Å². The van der Waals surface area contributed by atoms with Crippen LogP contribution < -0.4 is 0 Å². The second-order valence-corrected chi connectivity index (χ2v) is 11.3. The van der Waals surface area contributed by atoms with Crippen molar-refractivity contribution < 1.29 is 9.90 Å². The third kappa shape index (κ3) is 3.22. The van der Waals surface area contributed by atoms with Gasteiger partial charge in [-0.25, -0.2) is 0 Å². The zero-order chi connectivity index (χ0) is 20.1. The topological polar surface area (TPSA) is 37.3 Å². The van der Waals surface area contributed by atoms with Gasteiger partial charge in [0.25, 0.3) is 0 Å². The maximum Gasteiger partial charge on any atom is 0.132 e. The van der Waals surface area contributed by atoms with Crippen molar-refractivity contribution in [2.75, 3.05) is 0 Å². The smallest absolute Gasteiger partial charge is 0.132 e. The van der Waals surface area contributed by atoms with E-state index in [0.717, 1.165) is 49.4 Å². The minimum Gasteiger partial charge on any atom is -0.393 e. The summed E-state index contributed by atoms with van der Waals surface area (Å²) >= 11 is 0. The summed E-state index contributed by atoms with van der Waals surface area (Å²) in [7, 11) is 0. The van der Waals surface area contributed by atoms with Crippen LogP contribution in [0.25, 0.3) is 0 Å². The van der Waals surface area contributed by atoms with Crippen LogP contribution in [-0.2, 0) is 4.79 Å². The molecule has 3 saturated carbocycles. The van der Waals surface area contributed by atoms with E-state index < -0.39 is 0 Å². The molecule has 0 radical (unpaired) electrons. The predicted octanol–water partition coefficient (Wildman–Crippen LogP) is 6.32. The first-order valence-corrected chi connectivity index (χ1v) is 12.2. The quantitative estimate of drug-likeness (QED) is 0.561. The van der Waals surface area contributed by atoms with Gasteiger partial charge in [-0.05, 0) is 98.2 Å². The van der Waals surface area contributed by atoms with Crippen LogP contribution in [0.3, 0.4) is 0 Å². The molecule has 0 bridgehead atoms. The van der Waals surface area contributed by atoms with Gasteiger partial charge in [0.05, 0.1) is 6.10 Å². The minimum atomic E-state index is -0.104. The van der Waals surface area contributed by atoms with E-state index in [9.17, 15) is 9.90 Å². The molecule has 158 valence electrons. The molecule has 0 aliphatic heterocycles. The summed E-state index contributed by atoms with van der Waals surface area (Å²) in [6.07, 6.45) is 14.9. The molecule has 0 aromatic heterocycles. The number of ketones is 1. The lowest BCUT2D eigenvalue weighted by Crippen LogP contribution is -2.50. The van der Waals surface area contributed by atoms with Crippen LogP contribution in [0.1, 0.15) is 98.3 Å². The van der Waals surface area contributed by atoms with Crippen LogP contribution in [0, 0.1) is 40.4 Å². The number of aliphatic hydroxyl groups is 1. The highest BCUT2D eigenvalue weighted by Crippen LogP contribution is 2.67. The number of carbonyl (C=O) groups is 1. The zero-order valence-electron chi connectivity index (χ0n) is 18.7. The molecule has 2 heteroatoms. The van der Waals surface area contributed by atoms with Gasteiger partial charge in [-0.2, -0.15) is 0 Å². The summed E-state index contributed by atoms with van der Waals surface area (Å²) in [5.74, 6) is 4.45. The maximum atomic E-state index is 11.8. The van der Waals surface area contributed by atoms with E-state index in [-0.39, 0.29) is 6.10 Å². The molecule has 0 spiro atoms. The maximum absolute atomic E-state index is 11.8. The molecule has 7 unspecified atom stereocenters. The highest BCUT2D eigenvalue weighted by atomic mass is 16.3. The van der Waals surface area contributed by atoms with E-state index in [1.807, 2.05) is 6.92 Å². The molecule has 0 heterocycles. The first kappa shape index (κ1) is 20.6. The number of fused-ring (bicyclic) bond motifs is 5. The molecular formula is C26H42O2. The van der Waals surface area contributed by atoms with E-state index in [1.165, 1.54) is 38.5 Å². The van der Waals surface area contributed by atoms with Crippen LogP contribution >= 0.6 is 0 Å². The lowest BCUT2D eigenvalue weighted by Gasteiger charge is -2.58. The number of aliphatic hydroxyl groups excluding tert-OH is 1. The Morgan fingerprint density at radius 1 is 1.18 bits per heavy atom. The van der Waals surface area contributed by atoms with Gasteiger partial charge < -0.3 is 5.11 Å². The molecule has 4 aliphatic carbocycles. The van der Waals surface area contributed by atoms with Gasteiger partial charge in [0.15, 0.2) is 0 Å². The number of allylic oxidation sites excluding steroid dienone is 1. The predicted molar refractivity (Wildman–Crippen MR) is 115 cm³/mol. The number of Topliss-reactive ketones (excluding diaryl/α,β-unsaturated/α-hetero) is 1. The summed E-state index contributed by atoms with van der Waals surface area (Å²) in [5, 5.41) is 10.2. The van der Waals surface area contributed by atoms with Crippen molar-refractivity contribution in [2.24, 2.45) is 40.4 Å². The van der Waals surface area contributed by atoms with Crippen molar-refractivity contribution in [1.82, 2.24) is 0 Å². The van der Waals surface area contributed by atoms with Gasteiger partial charge in [0.2, 0.25) is 0 Å². The minimum absolute atomic E-state index is 0.104. The van der Waals surface area contributed by atoms with Gasteiger partial charge in [-0.3, -0.25) is 4.79 Å². The van der Waals surface area contributed by atoms with Crippen LogP contribution in [0.4, 0.5) is 0 Å². The van der Waals surface area contributed by atoms with Crippen molar-refractivity contribution in [2.45, 2.75) is 104 Å². The standard InChI is InChI=1S/C26H42O2/c1-5-19(27)8-6-17(2)22-10-11-23-21-9-7-18-16-20(28)12-14-25(18,3)24(21)13-15-26(22,23)4/h7,17,20-24,28H,5-6,8-16H2,1-4H3/t17-,20?,21?,22?,23?,24?,25?,26?/m1/s1. The lowest BCUT2D eigenvalue weighted by molar-refractivity contribution is -0.119. The van der Waals surface area contributed by atoms with Gasteiger partial charge >= 0.3 is 0 Å². The molecule has 0 aromatic rings. The Bertz CT molecular complexity index is 636. The average molecular weight is 387 g/mol. The van der Waals surface area contributed by atoms with Crippen molar-refractivity contribution in [3.8, 4) is 0 Å². The third-order valence-electron chi connectivity index (χ3n) is 10.1. The van der Waals surface area contributed by atoms with Gasteiger partial charge in [0, 0.05) is 12.8 Å². The molecule has 4 rings (SSSR count). The number of hydrogen-bond acceptors (Lipinski definition) is 2. The molecule has 0 aromatic carbocycles. The van der Waals surface area contributed by atoms with Gasteiger partial charge in [-0.1, -0.05) is 39.3 Å². The summed E-state index contributed by atoms with van der Waals surface area (Å²) in [4.78, 5) is 11.8. The molecule has 2 nitrogen and oxygen atoms in total. The largest absolute Gasteiger partial charge is 0.393 e.